The third kappa shape index (κ3) is 5.32. The van der Waals surface area contributed by atoms with Crippen LogP contribution in [0.15, 0.2) is 15.8 Å². The van der Waals surface area contributed by atoms with Crippen LogP contribution >= 0.6 is 0 Å². The van der Waals surface area contributed by atoms with Gasteiger partial charge in [0, 0.05) is 6.20 Å². The van der Waals surface area contributed by atoms with E-state index in [0.717, 1.165) is 0 Å². The van der Waals surface area contributed by atoms with Gasteiger partial charge in [0.25, 0.3) is 5.56 Å². The first-order valence-electron chi connectivity index (χ1n) is 12.9. The Hall–Kier alpha value is -1.97. The molecule has 0 aliphatic carbocycles. The lowest BCUT2D eigenvalue weighted by atomic mass is 10.1. The van der Waals surface area contributed by atoms with Crippen molar-refractivity contribution in [1.82, 2.24) is 9.55 Å². The molecule has 1 unspecified atom stereocenters. The predicted molar refractivity (Wildman–Crippen MR) is 146 cm³/mol. The van der Waals surface area contributed by atoms with Crippen molar-refractivity contribution in [2.75, 3.05) is 13.2 Å². The van der Waals surface area contributed by atoms with Crippen LogP contribution < -0.4 is 11.2 Å². The molecule has 1 aromatic heterocycles. The number of H-pyrrole nitrogens is 1. The van der Waals surface area contributed by atoms with Crippen LogP contribution in [0.1, 0.15) is 67.2 Å². The largest absolute Gasteiger partial charge is 0.414 e. The van der Waals surface area contributed by atoms with Crippen LogP contribution in [0.25, 0.3) is 0 Å². The molecule has 0 saturated carbocycles. The second-order valence-corrected chi connectivity index (χ2v) is 19.8. The molecule has 0 aromatic carbocycles. The fourth-order valence-electron chi connectivity index (χ4n) is 5.45. The molecule has 4 atom stereocenters. The Kier molecular flexibility index (Phi) is 9.13. The molecule has 2 aliphatic rings. The molecular formula is C26H40N2O7Si2. The minimum atomic E-state index is -2.97. The number of aromatic nitrogens is 2. The van der Waals surface area contributed by atoms with Gasteiger partial charge >= 0.3 is 22.8 Å². The van der Waals surface area contributed by atoms with E-state index in [-0.39, 0.29) is 40.9 Å². The van der Waals surface area contributed by atoms with E-state index in [1.807, 2.05) is 0 Å². The summed E-state index contributed by atoms with van der Waals surface area (Å²) in [7, 11) is -5.75. The van der Waals surface area contributed by atoms with E-state index in [1.54, 1.807) is 0 Å². The zero-order valence-electron chi connectivity index (χ0n) is 23.1. The number of fused-ring (bicyclic) bond motifs is 1. The predicted octanol–water partition coefficient (Wildman–Crippen LogP) is 3.39. The molecule has 204 valence electrons. The number of aromatic amines is 1. The molecule has 0 radical (unpaired) electrons. The summed E-state index contributed by atoms with van der Waals surface area (Å²) in [5.74, 6) is 4.80. The number of hydrogen-bond donors (Lipinski definition) is 1. The second-order valence-electron chi connectivity index (χ2n) is 11.0. The Morgan fingerprint density at radius 2 is 1.65 bits per heavy atom. The molecule has 1 N–H and O–H groups in total. The van der Waals surface area contributed by atoms with Gasteiger partial charge in [-0.15, -0.1) is 12.8 Å². The van der Waals surface area contributed by atoms with E-state index in [2.05, 4.69) is 72.2 Å². The van der Waals surface area contributed by atoms with Gasteiger partial charge in [-0.25, -0.2) is 4.79 Å². The van der Waals surface area contributed by atoms with Gasteiger partial charge in [-0.3, -0.25) is 14.3 Å². The van der Waals surface area contributed by atoms with Gasteiger partial charge in [-0.05, 0) is 22.2 Å². The van der Waals surface area contributed by atoms with Crippen molar-refractivity contribution >= 4 is 17.1 Å². The normalized spacial score (nSPS) is 27.1. The van der Waals surface area contributed by atoms with Gasteiger partial charge in [0.1, 0.15) is 30.5 Å². The third-order valence-electron chi connectivity index (χ3n) is 7.37. The van der Waals surface area contributed by atoms with Crippen LogP contribution in [0.4, 0.5) is 0 Å². The average molecular weight is 549 g/mol. The van der Waals surface area contributed by atoms with Crippen molar-refractivity contribution in [3.05, 3.63) is 32.6 Å². The Balaban J connectivity index is 2.19. The van der Waals surface area contributed by atoms with Gasteiger partial charge < -0.3 is 22.4 Å². The van der Waals surface area contributed by atoms with Gasteiger partial charge in [0.15, 0.2) is 6.23 Å². The summed E-state index contributed by atoms with van der Waals surface area (Å²) in [5.41, 5.74) is -0.782. The summed E-state index contributed by atoms with van der Waals surface area (Å²) < 4.78 is 34.8. The molecule has 3 heterocycles. The average Bonchev–Trinajstić information content (AvgIpc) is 3.13. The molecule has 2 aliphatic heterocycles. The molecule has 1 aromatic rings. The smallest absolute Gasteiger partial charge is 0.335 e. The van der Waals surface area contributed by atoms with Crippen molar-refractivity contribution in [1.29, 1.82) is 0 Å². The molecular weight excluding hydrogens is 508 g/mol. The van der Waals surface area contributed by atoms with Gasteiger partial charge in [-0.2, -0.15) is 0 Å². The lowest BCUT2D eigenvalue weighted by molar-refractivity contribution is -0.0676. The van der Waals surface area contributed by atoms with Crippen molar-refractivity contribution in [2.45, 2.75) is 102 Å². The zero-order chi connectivity index (χ0) is 27.7. The number of ether oxygens (including phenoxy) is 2. The summed E-state index contributed by atoms with van der Waals surface area (Å²) >= 11 is 0. The molecule has 0 bridgehead atoms. The molecule has 3 rings (SSSR count). The Bertz CT molecular complexity index is 1150. The van der Waals surface area contributed by atoms with Crippen LogP contribution in [-0.4, -0.2) is 58.2 Å². The van der Waals surface area contributed by atoms with E-state index in [9.17, 15) is 9.59 Å². The Labute approximate surface area is 221 Å². The topological polar surface area (TPSA) is 101 Å². The van der Waals surface area contributed by atoms with Crippen molar-refractivity contribution in [3.8, 4) is 24.7 Å². The SMILES string of the molecule is C#CCO[C@H]1C2O[Si](C(C)C)(C(C)C)O[Si](C(C)C)(C(C)C)OC[C@H]2O[C@H]1n1cc(C#C)c(=O)[nH]c1=O. The van der Waals surface area contributed by atoms with Crippen molar-refractivity contribution in [2.24, 2.45) is 0 Å². The minimum Gasteiger partial charge on any atom is -0.414 e. The molecule has 2 saturated heterocycles. The monoisotopic (exact) mass is 548 g/mol. The standard InChI is InChI=1S/C26H40N2O7Si2/c1-11-13-31-23-22-21(33-25(23)28-14-20(12-2)24(29)27-26(28)30)15-32-36(16(3)4,17(5)6)35-37(34-22,18(7)8)19(9)10/h1-2,14,16-19,21-23,25H,13,15H2,3-10H3,(H,27,29,30)/t21-,22?,23+,25-/m1/s1. The summed E-state index contributed by atoms with van der Waals surface area (Å²) in [4.78, 5) is 27.2. The molecule has 11 heteroatoms. The maximum absolute atomic E-state index is 12.9. The van der Waals surface area contributed by atoms with Crippen LogP contribution in [0, 0.1) is 24.7 Å². The van der Waals surface area contributed by atoms with Gasteiger partial charge in [0.05, 0.1) is 6.61 Å². The van der Waals surface area contributed by atoms with Gasteiger partial charge in [0.2, 0.25) is 0 Å². The fourth-order valence-corrected chi connectivity index (χ4v) is 16.7. The van der Waals surface area contributed by atoms with E-state index in [1.165, 1.54) is 10.8 Å². The quantitative estimate of drug-likeness (QED) is 0.412. The first-order chi connectivity index (χ1) is 17.3. The summed E-state index contributed by atoms with van der Waals surface area (Å²) in [6, 6.07) is 0. The molecule has 2 fully saturated rings. The maximum atomic E-state index is 12.9. The highest BCUT2D eigenvalue weighted by Crippen LogP contribution is 2.48. The lowest BCUT2D eigenvalue weighted by Crippen LogP contribution is -2.66. The Morgan fingerprint density at radius 3 is 2.16 bits per heavy atom. The van der Waals surface area contributed by atoms with Crippen molar-refractivity contribution in [3.63, 3.8) is 0 Å². The molecule has 37 heavy (non-hydrogen) atoms. The molecule has 0 amide bonds. The highest BCUT2D eigenvalue weighted by atomic mass is 28.5. The second kappa shape index (κ2) is 11.4. The highest BCUT2D eigenvalue weighted by Gasteiger charge is 2.62. The van der Waals surface area contributed by atoms with Crippen LogP contribution in [0.5, 0.6) is 0 Å². The summed E-state index contributed by atoms with van der Waals surface area (Å²) in [6.07, 6.45) is 9.45. The van der Waals surface area contributed by atoms with E-state index in [0.29, 0.717) is 0 Å². The Morgan fingerprint density at radius 1 is 1.05 bits per heavy atom. The lowest BCUT2D eigenvalue weighted by Gasteiger charge is -2.51. The maximum Gasteiger partial charge on any atom is 0.335 e. The molecule has 9 nitrogen and oxygen atoms in total. The van der Waals surface area contributed by atoms with Gasteiger partial charge in [-0.1, -0.05) is 67.2 Å². The van der Waals surface area contributed by atoms with Crippen molar-refractivity contribution < 1.29 is 22.4 Å². The van der Waals surface area contributed by atoms with E-state index >= 15 is 0 Å². The zero-order valence-corrected chi connectivity index (χ0v) is 25.1. The first-order valence-corrected chi connectivity index (χ1v) is 16.8. The highest BCUT2D eigenvalue weighted by molar-refractivity contribution is 6.83. The third-order valence-corrected chi connectivity index (χ3v) is 17.6. The van der Waals surface area contributed by atoms with E-state index < -0.39 is 52.9 Å². The fraction of sp³-hybridized carbons (Fsp3) is 0.692. The number of nitrogens with zero attached hydrogens (tertiary/aromatic N) is 1. The number of terminal acetylenes is 2. The number of hydrogen-bond acceptors (Lipinski definition) is 7. The summed E-state index contributed by atoms with van der Waals surface area (Å²) in [6.45, 7) is 17.3. The molecule has 0 spiro atoms. The van der Waals surface area contributed by atoms with E-state index in [4.69, 9.17) is 35.3 Å². The van der Waals surface area contributed by atoms with Crippen LogP contribution in [0.2, 0.25) is 22.2 Å². The number of rotatable bonds is 7. The first kappa shape index (κ1) is 29.6. The minimum absolute atomic E-state index is 0.00263. The van der Waals surface area contributed by atoms with Crippen LogP contribution in [-0.2, 0) is 22.4 Å². The van der Waals surface area contributed by atoms with Crippen LogP contribution in [0.3, 0.4) is 0 Å². The number of nitrogens with one attached hydrogen (secondary N) is 1. The summed E-state index contributed by atoms with van der Waals surface area (Å²) in [5, 5.41) is 0.